The van der Waals surface area contributed by atoms with Gasteiger partial charge >= 0.3 is 7.12 Å². The fraction of sp³-hybridized carbons (Fsp3) is 0.538. The lowest BCUT2D eigenvalue weighted by Crippen LogP contribution is -2.52. The van der Waals surface area contributed by atoms with E-state index in [4.69, 9.17) is 25.6 Å². The van der Waals surface area contributed by atoms with Gasteiger partial charge in [-0.2, -0.15) is 0 Å². The van der Waals surface area contributed by atoms with E-state index in [9.17, 15) is 0 Å². The van der Waals surface area contributed by atoms with Crippen molar-refractivity contribution in [2.45, 2.75) is 38.9 Å². The SMILES string of the molecule is COc1ccc(Cl)cc1B1OC(C)CC(C)(C)O1. The zero-order valence-electron chi connectivity index (χ0n) is 11.2. The van der Waals surface area contributed by atoms with Gasteiger partial charge in [-0.15, -0.1) is 0 Å². The fourth-order valence-corrected chi connectivity index (χ4v) is 2.52. The van der Waals surface area contributed by atoms with Gasteiger partial charge in [-0.05, 0) is 45.4 Å². The maximum atomic E-state index is 6.03. The minimum absolute atomic E-state index is 0.141. The van der Waals surface area contributed by atoms with Crippen molar-refractivity contribution in [3.8, 4) is 5.75 Å². The number of rotatable bonds is 2. The Morgan fingerprint density at radius 2 is 2.17 bits per heavy atom. The van der Waals surface area contributed by atoms with E-state index in [0.29, 0.717) is 5.02 Å². The monoisotopic (exact) mass is 268 g/mol. The van der Waals surface area contributed by atoms with Gasteiger partial charge in [0.15, 0.2) is 0 Å². The molecule has 0 aliphatic carbocycles. The lowest BCUT2D eigenvalue weighted by atomic mass is 9.74. The number of benzene rings is 1. The van der Waals surface area contributed by atoms with Crippen LogP contribution in [0.1, 0.15) is 27.2 Å². The van der Waals surface area contributed by atoms with Crippen LogP contribution in [0.15, 0.2) is 18.2 Å². The second-order valence-electron chi connectivity index (χ2n) is 5.25. The zero-order chi connectivity index (χ0) is 13.3. The maximum Gasteiger partial charge on any atom is 0.498 e. The van der Waals surface area contributed by atoms with Crippen LogP contribution in [0.25, 0.3) is 0 Å². The molecule has 1 saturated heterocycles. The predicted octanol–water partition coefficient (Wildman–Crippen LogP) is 2.65. The molecule has 0 amide bonds. The molecule has 1 aromatic carbocycles. The zero-order valence-corrected chi connectivity index (χ0v) is 12.0. The Kier molecular flexibility index (Phi) is 3.90. The molecule has 2 rings (SSSR count). The van der Waals surface area contributed by atoms with E-state index in [1.54, 1.807) is 13.2 Å². The van der Waals surface area contributed by atoms with Crippen LogP contribution in [0.4, 0.5) is 0 Å². The van der Waals surface area contributed by atoms with Crippen LogP contribution in [-0.4, -0.2) is 25.9 Å². The smallest absolute Gasteiger partial charge is 0.497 e. The first-order valence-electron chi connectivity index (χ1n) is 6.08. The predicted molar refractivity (Wildman–Crippen MR) is 73.7 cm³/mol. The van der Waals surface area contributed by atoms with E-state index in [2.05, 4.69) is 13.8 Å². The number of halogens is 1. The molecule has 0 bridgehead atoms. The summed E-state index contributed by atoms with van der Waals surface area (Å²) in [7, 11) is 1.20. The van der Waals surface area contributed by atoms with Gasteiger partial charge in [0.25, 0.3) is 0 Å². The molecule has 0 radical (unpaired) electrons. The molecule has 0 N–H and O–H groups in total. The van der Waals surface area contributed by atoms with E-state index >= 15 is 0 Å². The average Bonchev–Trinajstić information content (AvgIpc) is 2.26. The maximum absolute atomic E-state index is 6.03. The molecule has 98 valence electrons. The summed E-state index contributed by atoms with van der Waals surface area (Å²) in [4.78, 5) is 0. The standard InChI is InChI=1S/C13H18BClO3/c1-9-8-13(2,3)18-14(17-9)11-7-10(15)5-6-12(11)16-4/h5-7,9H,8H2,1-4H3. The van der Waals surface area contributed by atoms with Gasteiger partial charge in [0, 0.05) is 16.6 Å². The van der Waals surface area contributed by atoms with Crippen LogP contribution >= 0.6 is 11.6 Å². The molecule has 0 aromatic heterocycles. The molecule has 5 heteroatoms. The topological polar surface area (TPSA) is 27.7 Å². The van der Waals surface area contributed by atoms with Crippen molar-refractivity contribution in [2.75, 3.05) is 7.11 Å². The summed E-state index contributed by atoms with van der Waals surface area (Å²) in [5.41, 5.74) is 0.625. The third-order valence-electron chi connectivity index (χ3n) is 3.01. The Balaban J connectivity index is 2.32. The van der Waals surface area contributed by atoms with Gasteiger partial charge in [-0.25, -0.2) is 0 Å². The van der Waals surface area contributed by atoms with Crippen molar-refractivity contribution in [1.82, 2.24) is 0 Å². The van der Waals surface area contributed by atoms with Gasteiger partial charge in [0.2, 0.25) is 0 Å². The molecule has 1 aliphatic heterocycles. The van der Waals surface area contributed by atoms with Crippen molar-refractivity contribution in [1.29, 1.82) is 0 Å². The van der Waals surface area contributed by atoms with Crippen LogP contribution in [0.3, 0.4) is 0 Å². The van der Waals surface area contributed by atoms with Crippen molar-refractivity contribution < 1.29 is 14.0 Å². The quantitative estimate of drug-likeness (QED) is 0.772. The van der Waals surface area contributed by atoms with Crippen molar-refractivity contribution in [3.05, 3.63) is 23.2 Å². The first kappa shape index (κ1) is 13.7. The van der Waals surface area contributed by atoms with Crippen LogP contribution in [0.2, 0.25) is 5.02 Å². The fourth-order valence-electron chi connectivity index (χ4n) is 2.34. The minimum Gasteiger partial charge on any atom is -0.497 e. The Morgan fingerprint density at radius 1 is 1.44 bits per heavy atom. The normalized spacial score (nSPS) is 22.9. The summed E-state index contributed by atoms with van der Waals surface area (Å²) in [5, 5.41) is 0.647. The minimum atomic E-state index is -0.433. The van der Waals surface area contributed by atoms with Gasteiger partial charge < -0.3 is 14.0 Å². The molecule has 0 spiro atoms. The first-order chi connectivity index (χ1) is 8.41. The highest BCUT2D eigenvalue weighted by molar-refractivity contribution is 6.63. The molecule has 1 aromatic rings. The summed E-state index contributed by atoms with van der Waals surface area (Å²) >= 11 is 6.03. The Labute approximate surface area is 114 Å². The molecule has 1 unspecified atom stereocenters. The number of hydrogen-bond acceptors (Lipinski definition) is 3. The average molecular weight is 269 g/mol. The highest BCUT2D eigenvalue weighted by Crippen LogP contribution is 2.27. The van der Waals surface area contributed by atoms with Crippen LogP contribution < -0.4 is 10.2 Å². The lowest BCUT2D eigenvalue weighted by molar-refractivity contribution is -0.0231. The summed E-state index contributed by atoms with van der Waals surface area (Å²) in [6, 6.07) is 5.46. The highest BCUT2D eigenvalue weighted by Gasteiger charge is 2.39. The number of ether oxygens (including phenoxy) is 1. The largest absolute Gasteiger partial charge is 0.498 e. The molecule has 1 atom stereocenters. The Bertz CT molecular complexity index is 436. The summed E-state index contributed by atoms with van der Waals surface area (Å²) in [5.74, 6) is 0.731. The highest BCUT2D eigenvalue weighted by atomic mass is 35.5. The van der Waals surface area contributed by atoms with Gasteiger partial charge in [-0.1, -0.05) is 11.6 Å². The number of hydrogen-bond donors (Lipinski definition) is 0. The van der Waals surface area contributed by atoms with Gasteiger partial charge in [-0.3, -0.25) is 0 Å². The molecule has 1 aliphatic rings. The summed E-state index contributed by atoms with van der Waals surface area (Å²) in [6.07, 6.45) is 1.01. The summed E-state index contributed by atoms with van der Waals surface area (Å²) in [6.45, 7) is 6.18. The molecular formula is C13H18BClO3. The first-order valence-corrected chi connectivity index (χ1v) is 6.46. The van der Waals surface area contributed by atoms with Crippen molar-refractivity contribution in [2.24, 2.45) is 0 Å². The van der Waals surface area contributed by atoms with Crippen LogP contribution in [-0.2, 0) is 9.31 Å². The number of methoxy groups -OCH3 is 1. The van der Waals surface area contributed by atoms with E-state index in [1.807, 2.05) is 19.1 Å². The molecule has 1 fully saturated rings. The van der Waals surface area contributed by atoms with Gasteiger partial charge in [0.1, 0.15) is 5.75 Å². The third-order valence-corrected chi connectivity index (χ3v) is 3.24. The molecule has 1 heterocycles. The Hall–Kier alpha value is -0.705. The van der Waals surface area contributed by atoms with E-state index in [1.165, 1.54) is 0 Å². The molecular weight excluding hydrogens is 250 g/mol. The van der Waals surface area contributed by atoms with Gasteiger partial charge in [0.05, 0.1) is 12.7 Å². The lowest BCUT2D eigenvalue weighted by Gasteiger charge is -2.38. The molecule has 3 nitrogen and oxygen atoms in total. The summed E-state index contributed by atoms with van der Waals surface area (Å²) < 4.78 is 17.1. The van der Waals surface area contributed by atoms with E-state index < -0.39 is 7.12 Å². The molecule has 18 heavy (non-hydrogen) atoms. The second kappa shape index (κ2) is 5.12. The van der Waals surface area contributed by atoms with Crippen molar-refractivity contribution in [3.63, 3.8) is 0 Å². The van der Waals surface area contributed by atoms with Crippen LogP contribution in [0, 0.1) is 0 Å². The Morgan fingerprint density at radius 3 is 2.78 bits per heavy atom. The van der Waals surface area contributed by atoms with E-state index in [-0.39, 0.29) is 11.7 Å². The third kappa shape index (κ3) is 3.00. The van der Waals surface area contributed by atoms with Crippen LogP contribution in [0.5, 0.6) is 5.75 Å². The molecule has 0 saturated carbocycles. The van der Waals surface area contributed by atoms with E-state index in [0.717, 1.165) is 17.6 Å². The van der Waals surface area contributed by atoms with Crippen molar-refractivity contribution >= 4 is 24.2 Å². The second-order valence-corrected chi connectivity index (χ2v) is 5.68.